The van der Waals surface area contributed by atoms with Gasteiger partial charge < -0.3 is 24.7 Å². The number of hydrogen-bond acceptors (Lipinski definition) is 5. The smallest absolute Gasteiger partial charge is 0.407 e. The number of ether oxygens (including phenoxy) is 2. The Morgan fingerprint density at radius 3 is 2.58 bits per heavy atom. The number of carbonyl (C=O) groups excluding carboxylic acids is 2. The summed E-state index contributed by atoms with van der Waals surface area (Å²) in [6.45, 7) is 2.77. The molecule has 1 saturated heterocycles. The normalized spacial score (nSPS) is 19.2. The maximum absolute atomic E-state index is 13.4. The number of aromatic nitrogens is 2. The molecule has 10 heteroatoms. The number of rotatable bonds is 8. The minimum absolute atomic E-state index is 0.180. The fourth-order valence-electron chi connectivity index (χ4n) is 4.02. The predicted molar refractivity (Wildman–Crippen MR) is 117 cm³/mol. The maximum Gasteiger partial charge on any atom is 0.407 e. The van der Waals surface area contributed by atoms with Crippen LogP contribution in [0.3, 0.4) is 0 Å². The summed E-state index contributed by atoms with van der Waals surface area (Å²) < 4.78 is 34.4. The van der Waals surface area contributed by atoms with Gasteiger partial charge in [-0.1, -0.05) is 43.7 Å². The first-order valence-corrected chi connectivity index (χ1v) is 10.9. The second-order valence-corrected chi connectivity index (χ2v) is 8.61. The number of carbonyl (C=O) groups is 2. The van der Waals surface area contributed by atoms with Gasteiger partial charge in [0, 0.05) is 12.5 Å². The fourth-order valence-corrected chi connectivity index (χ4v) is 4.02. The minimum atomic E-state index is -2.88. The SMILES string of the molecule is COC(=O)NC(C(=O)N1CC(COC(F)F)CC1c1ncc(-c2ccc(C)cc2)[nH]1)C(C)C. The first-order chi connectivity index (χ1) is 15.7. The third-order valence-electron chi connectivity index (χ3n) is 5.79. The first kappa shape index (κ1) is 24.6. The van der Waals surface area contributed by atoms with Gasteiger partial charge in [-0.25, -0.2) is 9.78 Å². The van der Waals surface area contributed by atoms with Gasteiger partial charge in [-0.2, -0.15) is 8.78 Å². The number of aromatic amines is 1. The summed E-state index contributed by atoms with van der Waals surface area (Å²) in [5.41, 5.74) is 2.86. The zero-order valence-corrected chi connectivity index (χ0v) is 19.2. The molecule has 2 heterocycles. The van der Waals surface area contributed by atoms with Crippen LogP contribution in [0, 0.1) is 18.8 Å². The lowest BCUT2D eigenvalue weighted by atomic mass is 10.0. The second-order valence-electron chi connectivity index (χ2n) is 8.61. The highest BCUT2D eigenvalue weighted by Crippen LogP contribution is 2.36. The summed E-state index contributed by atoms with van der Waals surface area (Å²) in [6, 6.07) is 6.62. The van der Waals surface area contributed by atoms with Gasteiger partial charge in [-0.3, -0.25) is 4.79 Å². The van der Waals surface area contributed by atoms with E-state index in [0.717, 1.165) is 16.8 Å². The van der Waals surface area contributed by atoms with Gasteiger partial charge in [0.1, 0.15) is 11.9 Å². The van der Waals surface area contributed by atoms with E-state index in [1.165, 1.54) is 7.11 Å². The monoisotopic (exact) mass is 464 g/mol. The van der Waals surface area contributed by atoms with Crippen LogP contribution in [0.2, 0.25) is 0 Å². The highest BCUT2D eigenvalue weighted by atomic mass is 19.3. The van der Waals surface area contributed by atoms with Gasteiger partial charge in [-0.05, 0) is 24.8 Å². The average molecular weight is 465 g/mol. The molecule has 1 aliphatic heterocycles. The van der Waals surface area contributed by atoms with E-state index in [1.807, 2.05) is 45.0 Å². The first-order valence-electron chi connectivity index (χ1n) is 10.9. The summed E-state index contributed by atoms with van der Waals surface area (Å²) in [6.07, 6.45) is 1.38. The molecule has 0 aliphatic carbocycles. The van der Waals surface area contributed by atoms with Crippen LogP contribution >= 0.6 is 0 Å². The van der Waals surface area contributed by atoms with Crippen molar-refractivity contribution < 1.29 is 27.8 Å². The third-order valence-corrected chi connectivity index (χ3v) is 5.79. The molecule has 2 N–H and O–H groups in total. The number of methoxy groups -OCH3 is 1. The molecule has 8 nitrogen and oxygen atoms in total. The largest absolute Gasteiger partial charge is 0.453 e. The third kappa shape index (κ3) is 6.07. The molecule has 1 aliphatic rings. The van der Waals surface area contributed by atoms with E-state index < -0.39 is 24.8 Å². The summed E-state index contributed by atoms with van der Waals surface area (Å²) in [5, 5.41) is 2.58. The van der Waals surface area contributed by atoms with E-state index in [4.69, 9.17) is 0 Å². The van der Waals surface area contributed by atoms with Crippen molar-refractivity contribution in [3.8, 4) is 11.3 Å². The molecule has 0 saturated carbocycles. The highest BCUT2D eigenvalue weighted by molar-refractivity contribution is 5.86. The van der Waals surface area contributed by atoms with Crippen LogP contribution in [0.5, 0.6) is 0 Å². The van der Waals surface area contributed by atoms with Crippen molar-refractivity contribution in [3.63, 3.8) is 0 Å². The van der Waals surface area contributed by atoms with Crippen molar-refractivity contribution in [2.45, 2.75) is 45.9 Å². The molecule has 180 valence electrons. The maximum atomic E-state index is 13.4. The minimum Gasteiger partial charge on any atom is -0.453 e. The van der Waals surface area contributed by atoms with Crippen molar-refractivity contribution in [2.75, 3.05) is 20.3 Å². The number of likely N-dealkylation sites (tertiary alicyclic amines) is 1. The van der Waals surface area contributed by atoms with Gasteiger partial charge in [0.05, 0.1) is 31.6 Å². The van der Waals surface area contributed by atoms with E-state index in [1.54, 1.807) is 11.1 Å². The Morgan fingerprint density at radius 2 is 1.97 bits per heavy atom. The molecule has 1 aromatic carbocycles. The van der Waals surface area contributed by atoms with Gasteiger partial charge in [0.2, 0.25) is 5.91 Å². The van der Waals surface area contributed by atoms with E-state index in [9.17, 15) is 18.4 Å². The van der Waals surface area contributed by atoms with Crippen molar-refractivity contribution in [3.05, 3.63) is 41.9 Å². The fraction of sp³-hybridized carbons (Fsp3) is 0.522. The van der Waals surface area contributed by atoms with E-state index in [2.05, 4.69) is 24.8 Å². The number of benzene rings is 1. The van der Waals surface area contributed by atoms with Crippen LogP contribution < -0.4 is 5.32 Å². The van der Waals surface area contributed by atoms with Crippen LogP contribution in [0.4, 0.5) is 13.6 Å². The molecule has 0 radical (unpaired) electrons. The van der Waals surface area contributed by atoms with E-state index >= 15 is 0 Å². The molecule has 3 atom stereocenters. The molecule has 3 rings (SSSR count). The van der Waals surface area contributed by atoms with Crippen LogP contribution in [0.25, 0.3) is 11.3 Å². The summed E-state index contributed by atoms with van der Waals surface area (Å²) in [4.78, 5) is 34.6. The summed E-state index contributed by atoms with van der Waals surface area (Å²) in [7, 11) is 1.23. The van der Waals surface area contributed by atoms with Crippen LogP contribution in [-0.4, -0.2) is 59.8 Å². The number of nitrogens with one attached hydrogen (secondary N) is 2. The number of hydrogen-bond donors (Lipinski definition) is 2. The lowest BCUT2D eigenvalue weighted by Gasteiger charge is -2.30. The molecule has 0 bridgehead atoms. The molecule has 0 spiro atoms. The lowest BCUT2D eigenvalue weighted by molar-refractivity contribution is -0.139. The Hall–Kier alpha value is -3.01. The Labute approximate surface area is 191 Å². The number of H-pyrrole nitrogens is 1. The molecule has 2 aromatic rings. The van der Waals surface area contributed by atoms with Crippen molar-refractivity contribution in [1.29, 1.82) is 0 Å². The average Bonchev–Trinajstić information content (AvgIpc) is 3.43. The summed E-state index contributed by atoms with van der Waals surface area (Å²) >= 11 is 0. The number of halogens is 2. The van der Waals surface area contributed by atoms with Crippen LogP contribution in [0.1, 0.15) is 37.7 Å². The molecule has 2 amide bonds. The Balaban J connectivity index is 1.86. The molecular weight excluding hydrogens is 434 g/mol. The van der Waals surface area contributed by atoms with Crippen molar-refractivity contribution >= 4 is 12.0 Å². The molecule has 1 fully saturated rings. The van der Waals surface area contributed by atoms with Gasteiger partial charge in [-0.15, -0.1) is 0 Å². The summed E-state index contributed by atoms with van der Waals surface area (Å²) in [5.74, 6) is -0.285. The Kier molecular flexibility index (Phi) is 8.01. The number of amides is 2. The molecule has 3 unspecified atom stereocenters. The van der Waals surface area contributed by atoms with Crippen molar-refractivity contribution in [2.24, 2.45) is 11.8 Å². The van der Waals surface area contributed by atoms with Gasteiger partial charge in [0.15, 0.2) is 0 Å². The topological polar surface area (TPSA) is 96.6 Å². The van der Waals surface area contributed by atoms with Crippen LogP contribution in [-0.2, 0) is 14.3 Å². The van der Waals surface area contributed by atoms with Crippen LogP contribution in [0.15, 0.2) is 30.5 Å². The predicted octanol–water partition coefficient (Wildman–Crippen LogP) is 3.89. The number of imidazole rings is 1. The zero-order valence-electron chi connectivity index (χ0n) is 19.2. The molecule has 33 heavy (non-hydrogen) atoms. The number of alkyl halides is 2. The Bertz CT molecular complexity index is 948. The standard InChI is InChI=1S/C23H30F2N4O4/c1-13(2)19(28-23(31)32-4)21(30)29-11-15(12-33-22(24)25)9-18(29)20-26-10-17(27-20)16-7-5-14(3)6-8-16/h5-8,10,13,15,18-19,22H,9,11-12H2,1-4H3,(H,26,27)(H,28,31). The zero-order chi connectivity index (χ0) is 24.1. The second kappa shape index (κ2) is 10.7. The van der Waals surface area contributed by atoms with Gasteiger partial charge in [0.25, 0.3) is 0 Å². The number of nitrogens with zero attached hydrogens (tertiary/aromatic N) is 2. The van der Waals surface area contributed by atoms with E-state index in [0.29, 0.717) is 12.2 Å². The van der Waals surface area contributed by atoms with Crippen molar-refractivity contribution in [1.82, 2.24) is 20.2 Å². The number of alkyl carbamates (subject to hydrolysis) is 1. The number of aryl methyl sites for hydroxylation is 1. The Morgan fingerprint density at radius 1 is 1.27 bits per heavy atom. The molecule has 1 aromatic heterocycles. The van der Waals surface area contributed by atoms with Gasteiger partial charge >= 0.3 is 12.7 Å². The van der Waals surface area contributed by atoms with E-state index in [-0.39, 0.29) is 30.9 Å². The molecular formula is C23H30F2N4O4. The lowest BCUT2D eigenvalue weighted by Crippen LogP contribution is -2.51. The highest BCUT2D eigenvalue weighted by Gasteiger charge is 2.41. The quantitative estimate of drug-likeness (QED) is 0.618.